The number of carbonyl (C=O) groups is 2. The Hall–Kier alpha value is -2.21. The molecule has 3 unspecified atom stereocenters. The van der Waals surface area contributed by atoms with E-state index in [1.165, 1.54) is 29.2 Å². The van der Waals surface area contributed by atoms with Crippen LogP contribution in [0.15, 0.2) is 48.5 Å². The lowest BCUT2D eigenvalue weighted by Crippen LogP contribution is -2.32. The fourth-order valence-corrected chi connectivity index (χ4v) is 3.48. The van der Waals surface area contributed by atoms with E-state index < -0.39 is 17.7 Å². The first-order chi connectivity index (χ1) is 12.4. The van der Waals surface area contributed by atoms with Crippen LogP contribution in [0.2, 0.25) is 0 Å². The molecule has 1 N–H and O–H groups in total. The van der Waals surface area contributed by atoms with E-state index in [0.29, 0.717) is 24.1 Å². The molecule has 1 saturated heterocycles. The third-order valence-corrected chi connectivity index (χ3v) is 5.09. The maximum atomic E-state index is 13.3. The summed E-state index contributed by atoms with van der Waals surface area (Å²) in [6.45, 7) is 2.29. The van der Waals surface area contributed by atoms with Crippen LogP contribution < -0.4 is 0 Å². The van der Waals surface area contributed by atoms with Gasteiger partial charge in [-0.15, -0.1) is 0 Å². The number of phenols is 1. The van der Waals surface area contributed by atoms with Gasteiger partial charge in [-0.1, -0.05) is 47.1 Å². The molecule has 0 saturated carbocycles. The number of halogens is 2. The molecule has 1 heterocycles. The van der Waals surface area contributed by atoms with Crippen LogP contribution in [-0.4, -0.2) is 33.2 Å². The minimum atomic E-state index is -0.696. The molecule has 136 valence electrons. The van der Waals surface area contributed by atoms with Crippen molar-refractivity contribution in [1.29, 1.82) is 0 Å². The smallest absolute Gasteiger partial charge is 0.237 e. The average Bonchev–Trinajstić information content (AvgIpc) is 2.85. The first-order valence-corrected chi connectivity index (χ1v) is 9.33. The number of carbonyl (C=O) groups excluding carboxylic acids is 2. The number of likely N-dealkylation sites (tertiary alicyclic amines) is 1. The Morgan fingerprint density at radius 1 is 1.00 bits per heavy atom. The molecule has 1 aliphatic rings. The summed E-state index contributed by atoms with van der Waals surface area (Å²) in [7, 11) is 0. The van der Waals surface area contributed by atoms with Crippen molar-refractivity contribution in [2.24, 2.45) is 0 Å². The maximum absolute atomic E-state index is 13.3. The number of rotatable bonds is 5. The molecule has 2 aromatic carbocycles. The number of amides is 2. The quantitative estimate of drug-likeness (QED) is 0.589. The van der Waals surface area contributed by atoms with Crippen molar-refractivity contribution in [2.45, 2.75) is 30.0 Å². The van der Waals surface area contributed by atoms with Gasteiger partial charge in [0, 0.05) is 11.4 Å². The highest BCUT2D eigenvalue weighted by atomic mass is 79.9. The number of nitrogens with zero attached hydrogens (tertiary/aromatic N) is 1. The predicted molar refractivity (Wildman–Crippen MR) is 99.7 cm³/mol. The lowest BCUT2D eigenvalue weighted by atomic mass is 9.83. The molecular weight excluding hydrogens is 401 g/mol. The zero-order valence-electron chi connectivity index (χ0n) is 14.2. The van der Waals surface area contributed by atoms with Crippen molar-refractivity contribution >= 4 is 27.7 Å². The van der Waals surface area contributed by atoms with Crippen molar-refractivity contribution in [3.8, 4) is 5.75 Å². The third kappa shape index (κ3) is 3.65. The molecule has 6 heteroatoms. The minimum Gasteiger partial charge on any atom is -0.508 e. The van der Waals surface area contributed by atoms with Gasteiger partial charge in [0.05, 0.1) is 11.8 Å². The predicted octanol–water partition coefficient (Wildman–Crippen LogP) is 3.94. The molecule has 0 radical (unpaired) electrons. The first-order valence-electron chi connectivity index (χ1n) is 8.42. The molecule has 1 aliphatic heterocycles. The molecule has 1 fully saturated rings. The topological polar surface area (TPSA) is 57.6 Å². The summed E-state index contributed by atoms with van der Waals surface area (Å²) < 4.78 is 13.3. The Bertz CT molecular complexity index is 741. The van der Waals surface area contributed by atoms with Crippen LogP contribution in [0.25, 0.3) is 0 Å². The molecule has 0 bridgehead atoms. The summed E-state index contributed by atoms with van der Waals surface area (Å²) in [4.78, 5) is 27.5. The number of hydrogen-bond acceptors (Lipinski definition) is 3. The fraction of sp³-hybridized carbons (Fsp3) is 0.300. The standard InChI is InChI=1S/C20H19BrFNO3/c1-12(21)10-11-23-19(25)17(13-2-6-15(22)7-3-13)18(20(23)26)14-4-8-16(24)9-5-14/h2-9,12,17-18,24H,10-11H2,1H3. The van der Waals surface area contributed by atoms with Crippen LogP contribution in [0.1, 0.15) is 36.3 Å². The highest BCUT2D eigenvalue weighted by Crippen LogP contribution is 2.42. The lowest BCUT2D eigenvalue weighted by Gasteiger charge is -2.16. The summed E-state index contributed by atoms with van der Waals surface area (Å²) in [5.41, 5.74) is 1.27. The second-order valence-electron chi connectivity index (χ2n) is 6.50. The SMILES string of the molecule is CC(Br)CCN1C(=O)C(c2ccc(O)cc2)C(c2ccc(F)cc2)C1=O. The van der Waals surface area contributed by atoms with Crippen molar-refractivity contribution in [3.63, 3.8) is 0 Å². The van der Waals surface area contributed by atoms with E-state index in [4.69, 9.17) is 0 Å². The maximum Gasteiger partial charge on any atom is 0.237 e. The molecule has 3 atom stereocenters. The molecule has 2 aromatic rings. The van der Waals surface area contributed by atoms with Gasteiger partial charge in [0.2, 0.25) is 11.8 Å². The average molecular weight is 420 g/mol. The summed E-state index contributed by atoms with van der Waals surface area (Å²) >= 11 is 3.44. The van der Waals surface area contributed by atoms with Crippen LogP contribution in [0.3, 0.4) is 0 Å². The summed E-state index contributed by atoms with van der Waals surface area (Å²) in [5, 5.41) is 9.52. The van der Waals surface area contributed by atoms with Gasteiger partial charge < -0.3 is 5.11 Å². The van der Waals surface area contributed by atoms with Crippen LogP contribution in [0.5, 0.6) is 5.75 Å². The summed E-state index contributed by atoms with van der Waals surface area (Å²) in [6, 6.07) is 12.0. The van der Waals surface area contributed by atoms with Gasteiger partial charge in [-0.3, -0.25) is 14.5 Å². The highest BCUT2D eigenvalue weighted by Gasteiger charge is 2.48. The molecule has 0 spiro atoms. The molecule has 4 nitrogen and oxygen atoms in total. The van der Waals surface area contributed by atoms with Crippen LogP contribution >= 0.6 is 15.9 Å². The highest BCUT2D eigenvalue weighted by molar-refractivity contribution is 9.09. The number of phenolic OH excluding ortho intramolecular Hbond substituents is 1. The van der Waals surface area contributed by atoms with E-state index in [1.54, 1.807) is 24.3 Å². The fourth-order valence-electron chi connectivity index (χ4n) is 3.28. The summed E-state index contributed by atoms with van der Waals surface area (Å²) in [6.07, 6.45) is 0.649. The Labute approximate surface area is 159 Å². The number of imide groups is 1. The minimum absolute atomic E-state index is 0.0915. The van der Waals surface area contributed by atoms with Crippen molar-refractivity contribution in [1.82, 2.24) is 4.90 Å². The van der Waals surface area contributed by atoms with Crippen molar-refractivity contribution in [2.75, 3.05) is 6.54 Å². The van der Waals surface area contributed by atoms with Crippen LogP contribution in [0.4, 0.5) is 4.39 Å². The Kier molecular flexibility index (Phi) is 5.41. The zero-order valence-corrected chi connectivity index (χ0v) is 15.8. The van der Waals surface area contributed by atoms with Gasteiger partial charge in [-0.05, 0) is 41.8 Å². The summed E-state index contributed by atoms with van der Waals surface area (Å²) in [5.74, 6) is -2.21. The third-order valence-electron chi connectivity index (χ3n) is 4.63. The van der Waals surface area contributed by atoms with Gasteiger partial charge in [-0.25, -0.2) is 4.39 Å². The van der Waals surface area contributed by atoms with Crippen molar-refractivity contribution < 1.29 is 19.1 Å². The number of alkyl halides is 1. The van der Waals surface area contributed by atoms with E-state index >= 15 is 0 Å². The Morgan fingerprint density at radius 2 is 1.46 bits per heavy atom. The Morgan fingerprint density at radius 3 is 1.92 bits per heavy atom. The first kappa shape index (κ1) is 18.6. The van der Waals surface area contributed by atoms with E-state index in [9.17, 15) is 19.1 Å². The Balaban J connectivity index is 2.01. The normalized spacial score (nSPS) is 21.3. The molecular formula is C20H19BrFNO3. The van der Waals surface area contributed by atoms with E-state index in [2.05, 4.69) is 15.9 Å². The number of benzene rings is 2. The van der Waals surface area contributed by atoms with E-state index in [0.717, 1.165) is 0 Å². The van der Waals surface area contributed by atoms with Crippen LogP contribution in [0, 0.1) is 5.82 Å². The van der Waals surface area contributed by atoms with Crippen LogP contribution in [-0.2, 0) is 9.59 Å². The second-order valence-corrected chi connectivity index (χ2v) is 8.06. The molecule has 3 rings (SSSR count). The van der Waals surface area contributed by atoms with Gasteiger partial charge in [0.15, 0.2) is 0 Å². The van der Waals surface area contributed by atoms with E-state index in [1.807, 2.05) is 6.92 Å². The van der Waals surface area contributed by atoms with Gasteiger partial charge in [0.25, 0.3) is 0 Å². The van der Waals surface area contributed by atoms with E-state index in [-0.39, 0.29) is 22.4 Å². The second kappa shape index (κ2) is 7.58. The van der Waals surface area contributed by atoms with Gasteiger partial charge in [-0.2, -0.15) is 0 Å². The number of aromatic hydroxyl groups is 1. The lowest BCUT2D eigenvalue weighted by molar-refractivity contribution is -0.139. The molecule has 0 aliphatic carbocycles. The van der Waals surface area contributed by atoms with Gasteiger partial charge in [0.1, 0.15) is 11.6 Å². The zero-order chi connectivity index (χ0) is 18.8. The molecule has 26 heavy (non-hydrogen) atoms. The largest absolute Gasteiger partial charge is 0.508 e. The monoisotopic (exact) mass is 419 g/mol. The van der Waals surface area contributed by atoms with Gasteiger partial charge >= 0.3 is 0 Å². The van der Waals surface area contributed by atoms with Crippen molar-refractivity contribution in [3.05, 3.63) is 65.5 Å². The molecule has 2 amide bonds. The number of hydrogen-bond donors (Lipinski definition) is 1. The molecule has 0 aromatic heterocycles.